The summed E-state index contributed by atoms with van der Waals surface area (Å²) in [5, 5.41) is 3.30. The molecular formula is C16H17ClFNO2. The molecule has 0 spiro atoms. The Morgan fingerprint density at radius 2 is 1.95 bits per heavy atom. The molecule has 0 atom stereocenters. The van der Waals surface area contributed by atoms with Gasteiger partial charge >= 0.3 is 0 Å². The van der Waals surface area contributed by atoms with Crippen LogP contribution in [0.4, 0.5) is 10.1 Å². The van der Waals surface area contributed by atoms with Crippen LogP contribution >= 0.6 is 11.6 Å². The van der Waals surface area contributed by atoms with E-state index >= 15 is 0 Å². The molecule has 0 bridgehead atoms. The first-order valence-electron chi connectivity index (χ1n) is 6.59. The van der Waals surface area contributed by atoms with Crippen molar-refractivity contribution in [1.82, 2.24) is 0 Å². The molecule has 0 heterocycles. The summed E-state index contributed by atoms with van der Waals surface area (Å²) in [6.45, 7) is 1.59. The van der Waals surface area contributed by atoms with E-state index in [1.165, 1.54) is 6.07 Å². The van der Waals surface area contributed by atoms with Crippen LogP contribution in [0.1, 0.15) is 5.56 Å². The molecule has 112 valence electrons. The van der Waals surface area contributed by atoms with Crippen LogP contribution in [0, 0.1) is 5.82 Å². The third-order valence-corrected chi connectivity index (χ3v) is 3.21. The van der Waals surface area contributed by atoms with Gasteiger partial charge in [0.05, 0.1) is 11.6 Å². The van der Waals surface area contributed by atoms with E-state index in [0.717, 1.165) is 17.0 Å². The Morgan fingerprint density at radius 1 is 1.14 bits per heavy atom. The van der Waals surface area contributed by atoms with Crippen LogP contribution in [0.25, 0.3) is 0 Å². The summed E-state index contributed by atoms with van der Waals surface area (Å²) < 4.78 is 23.7. The van der Waals surface area contributed by atoms with Gasteiger partial charge in [-0.05, 0) is 24.3 Å². The third kappa shape index (κ3) is 4.62. The highest BCUT2D eigenvalue weighted by Crippen LogP contribution is 2.22. The lowest BCUT2D eigenvalue weighted by Crippen LogP contribution is -2.07. The predicted molar refractivity (Wildman–Crippen MR) is 82.5 cm³/mol. The van der Waals surface area contributed by atoms with E-state index in [1.807, 2.05) is 24.3 Å². The van der Waals surface area contributed by atoms with Gasteiger partial charge in [0.2, 0.25) is 0 Å². The van der Waals surface area contributed by atoms with E-state index in [0.29, 0.717) is 19.8 Å². The van der Waals surface area contributed by atoms with Gasteiger partial charge in [0, 0.05) is 24.9 Å². The smallest absolute Gasteiger partial charge is 0.141 e. The molecule has 0 amide bonds. The van der Waals surface area contributed by atoms with E-state index in [4.69, 9.17) is 21.1 Å². The van der Waals surface area contributed by atoms with Crippen molar-refractivity contribution in [2.75, 3.05) is 25.6 Å². The minimum absolute atomic E-state index is 0.102. The molecule has 0 aliphatic heterocycles. The summed E-state index contributed by atoms with van der Waals surface area (Å²) in [6.07, 6.45) is 0. The van der Waals surface area contributed by atoms with Crippen molar-refractivity contribution < 1.29 is 13.9 Å². The average molecular weight is 310 g/mol. The van der Waals surface area contributed by atoms with Gasteiger partial charge in [-0.15, -0.1) is 0 Å². The van der Waals surface area contributed by atoms with E-state index in [2.05, 4.69) is 5.32 Å². The fraction of sp³-hybridized carbons (Fsp3) is 0.250. The zero-order chi connectivity index (χ0) is 15.1. The molecule has 0 radical (unpaired) electrons. The summed E-state index contributed by atoms with van der Waals surface area (Å²) in [5.41, 5.74) is 1.77. The maximum Gasteiger partial charge on any atom is 0.141 e. The zero-order valence-electron chi connectivity index (χ0n) is 11.7. The number of hydrogen-bond acceptors (Lipinski definition) is 3. The van der Waals surface area contributed by atoms with Crippen LogP contribution in [-0.4, -0.2) is 20.3 Å². The number of anilines is 1. The number of nitrogens with one attached hydrogen (secondary N) is 1. The van der Waals surface area contributed by atoms with Crippen molar-refractivity contribution in [3.05, 3.63) is 58.9 Å². The predicted octanol–water partition coefficient (Wildman–Crippen LogP) is 4.12. The second-order valence-electron chi connectivity index (χ2n) is 4.43. The third-order valence-electron chi connectivity index (χ3n) is 2.92. The number of methoxy groups -OCH3 is 1. The highest BCUT2D eigenvalue weighted by Gasteiger charge is 2.04. The van der Waals surface area contributed by atoms with E-state index in [9.17, 15) is 4.39 Å². The average Bonchev–Trinajstić information content (AvgIpc) is 2.50. The van der Waals surface area contributed by atoms with Crippen LogP contribution in [0.3, 0.4) is 0 Å². The summed E-state index contributed by atoms with van der Waals surface area (Å²) in [4.78, 5) is 0. The van der Waals surface area contributed by atoms with Gasteiger partial charge in [-0.3, -0.25) is 0 Å². The first kappa shape index (κ1) is 15.6. The Balaban J connectivity index is 2.00. The summed E-state index contributed by atoms with van der Waals surface area (Å²) in [7, 11) is 1.63. The molecule has 0 aromatic heterocycles. The molecule has 0 saturated heterocycles. The van der Waals surface area contributed by atoms with E-state index in [1.54, 1.807) is 19.2 Å². The molecule has 0 aliphatic rings. The van der Waals surface area contributed by atoms with Crippen LogP contribution < -0.4 is 10.1 Å². The highest BCUT2D eigenvalue weighted by molar-refractivity contribution is 6.31. The second-order valence-corrected chi connectivity index (χ2v) is 4.84. The van der Waals surface area contributed by atoms with Crippen molar-refractivity contribution in [1.29, 1.82) is 0 Å². The molecule has 5 heteroatoms. The molecule has 2 rings (SSSR count). The topological polar surface area (TPSA) is 30.5 Å². The second kappa shape index (κ2) is 7.86. The van der Waals surface area contributed by atoms with Gasteiger partial charge in [0.15, 0.2) is 0 Å². The van der Waals surface area contributed by atoms with Crippen molar-refractivity contribution in [3.63, 3.8) is 0 Å². The number of benzene rings is 2. The highest BCUT2D eigenvalue weighted by atomic mass is 35.5. The molecule has 21 heavy (non-hydrogen) atoms. The van der Waals surface area contributed by atoms with Gasteiger partial charge in [-0.2, -0.15) is 0 Å². The lowest BCUT2D eigenvalue weighted by molar-refractivity contribution is 0.146. The Labute approximate surface area is 128 Å². The first-order valence-corrected chi connectivity index (χ1v) is 6.97. The largest absolute Gasteiger partial charge is 0.491 e. The van der Waals surface area contributed by atoms with Gasteiger partial charge in [-0.1, -0.05) is 29.8 Å². The van der Waals surface area contributed by atoms with Crippen molar-refractivity contribution >= 4 is 17.3 Å². The fourth-order valence-electron chi connectivity index (χ4n) is 1.83. The van der Waals surface area contributed by atoms with E-state index < -0.39 is 5.82 Å². The summed E-state index contributed by atoms with van der Waals surface area (Å²) in [5.74, 6) is 0.376. The van der Waals surface area contributed by atoms with Crippen LogP contribution in [0.5, 0.6) is 5.75 Å². The van der Waals surface area contributed by atoms with Gasteiger partial charge in [0.1, 0.15) is 18.2 Å². The molecule has 3 nitrogen and oxygen atoms in total. The number of rotatable bonds is 7. The molecule has 0 unspecified atom stereocenters. The number of ether oxygens (including phenoxy) is 2. The Kier molecular flexibility index (Phi) is 5.84. The summed E-state index contributed by atoms with van der Waals surface area (Å²) >= 11 is 5.76. The zero-order valence-corrected chi connectivity index (χ0v) is 12.5. The molecule has 0 saturated carbocycles. The number of para-hydroxylation sites is 1. The first-order chi connectivity index (χ1) is 10.2. The van der Waals surface area contributed by atoms with Crippen molar-refractivity contribution in [2.45, 2.75) is 6.54 Å². The quantitative estimate of drug-likeness (QED) is 0.781. The van der Waals surface area contributed by atoms with Crippen LogP contribution in [-0.2, 0) is 11.3 Å². The molecular weight excluding hydrogens is 293 g/mol. The van der Waals surface area contributed by atoms with Gasteiger partial charge in [-0.25, -0.2) is 4.39 Å². The Hall–Kier alpha value is -1.78. The van der Waals surface area contributed by atoms with Crippen molar-refractivity contribution in [2.24, 2.45) is 0 Å². The van der Waals surface area contributed by atoms with E-state index in [-0.39, 0.29) is 5.02 Å². The minimum atomic E-state index is -0.425. The van der Waals surface area contributed by atoms with Crippen LogP contribution in [0.2, 0.25) is 5.02 Å². The standard InChI is InChI=1S/C16H17ClFNO2/c1-20-8-9-21-16-5-3-2-4-12(16)11-19-13-6-7-15(18)14(17)10-13/h2-7,10,19H,8-9,11H2,1H3. The molecule has 2 aromatic rings. The Morgan fingerprint density at radius 3 is 2.71 bits per heavy atom. The van der Waals surface area contributed by atoms with Gasteiger partial charge in [0.25, 0.3) is 0 Å². The molecule has 2 aromatic carbocycles. The maximum absolute atomic E-state index is 13.1. The Bertz CT molecular complexity index is 592. The van der Waals surface area contributed by atoms with Crippen LogP contribution in [0.15, 0.2) is 42.5 Å². The fourth-order valence-corrected chi connectivity index (χ4v) is 2.01. The SMILES string of the molecule is COCCOc1ccccc1CNc1ccc(F)c(Cl)c1. The minimum Gasteiger partial charge on any atom is -0.491 e. The van der Waals surface area contributed by atoms with Crippen molar-refractivity contribution in [3.8, 4) is 5.75 Å². The summed E-state index contributed by atoms with van der Waals surface area (Å²) in [6, 6.07) is 12.3. The number of halogens is 2. The maximum atomic E-state index is 13.1. The lowest BCUT2D eigenvalue weighted by atomic mass is 10.2. The molecule has 0 aliphatic carbocycles. The lowest BCUT2D eigenvalue weighted by Gasteiger charge is -2.13. The normalized spacial score (nSPS) is 10.4. The monoisotopic (exact) mass is 309 g/mol. The van der Waals surface area contributed by atoms with Gasteiger partial charge < -0.3 is 14.8 Å². The molecule has 0 fully saturated rings. The number of hydrogen-bond donors (Lipinski definition) is 1. The molecule has 1 N–H and O–H groups in total.